The monoisotopic (exact) mass is 283 g/mol. The van der Waals surface area contributed by atoms with Crippen LogP contribution in [0.1, 0.15) is 23.0 Å². The molecule has 0 aliphatic carbocycles. The average molecular weight is 283 g/mol. The van der Waals surface area contributed by atoms with Gasteiger partial charge in [0.1, 0.15) is 0 Å². The Morgan fingerprint density at radius 1 is 1.38 bits per heavy atom. The highest BCUT2D eigenvalue weighted by Gasteiger charge is 2.13. The van der Waals surface area contributed by atoms with E-state index < -0.39 is 0 Å². The molecule has 0 unspecified atom stereocenters. The van der Waals surface area contributed by atoms with Gasteiger partial charge in [-0.25, -0.2) is 9.97 Å². The van der Waals surface area contributed by atoms with Crippen molar-refractivity contribution in [2.24, 2.45) is 4.99 Å². The molecule has 0 spiro atoms. The molecular weight excluding hydrogens is 266 g/mol. The number of hydrogen-bond acceptors (Lipinski definition) is 5. The van der Waals surface area contributed by atoms with E-state index in [9.17, 15) is 4.79 Å². The van der Waals surface area contributed by atoms with Crippen molar-refractivity contribution in [2.75, 3.05) is 19.8 Å². The van der Waals surface area contributed by atoms with E-state index in [1.165, 1.54) is 7.05 Å². The van der Waals surface area contributed by atoms with Crippen molar-refractivity contribution in [3.05, 3.63) is 41.7 Å². The fraction of sp³-hybridized carbons (Fsp3) is 0.200. The Labute approximate surface area is 123 Å². The Balaban J connectivity index is 2.50. The van der Waals surface area contributed by atoms with Crippen LogP contribution in [0, 0.1) is 0 Å². The Hall–Kier alpha value is -2.76. The molecule has 1 heterocycles. The van der Waals surface area contributed by atoms with E-state index in [0.29, 0.717) is 5.69 Å². The van der Waals surface area contributed by atoms with Gasteiger partial charge in [-0.1, -0.05) is 18.2 Å². The number of hydrogen-bond donors (Lipinski definition) is 2. The van der Waals surface area contributed by atoms with Crippen molar-refractivity contribution in [3.8, 4) is 11.3 Å². The van der Waals surface area contributed by atoms with E-state index in [1.54, 1.807) is 13.2 Å². The number of rotatable bonds is 3. The van der Waals surface area contributed by atoms with Crippen LogP contribution in [0.3, 0.4) is 0 Å². The van der Waals surface area contributed by atoms with Crippen LogP contribution in [-0.2, 0) is 0 Å². The molecule has 3 N–H and O–H groups in total. The van der Waals surface area contributed by atoms with Gasteiger partial charge in [-0.2, -0.15) is 0 Å². The molecule has 1 amide bonds. The molecule has 6 nitrogen and oxygen atoms in total. The van der Waals surface area contributed by atoms with Crippen molar-refractivity contribution < 1.29 is 4.79 Å². The first kappa shape index (κ1) is 14.6. The molecule has 0 saturated carbocycles. The van der Waals surface area contributed by atoms with Gasteiger partial charge in [0.25, 0.3) is 5.91 Å². The Morgan fingerprint density at radius 3 is 2.81 bits per heavy atom. The number of nitrogen functional groups attached to an aromatic ring is 1. The maximum atomic E-state index is 11.7. The summed E-state index contributed by atoms with van der Waals surface area (Å²) in [5.74, 6) is -0.245. The van der Waals surface area contributed by atoms with Gasteiger partial charge in [0.15, 0.2) is 11.5 Å². The lowest BCUT2D eigenvalue weighted by Crippen LogP contribution is -2.21. The summed E-state index contributed by atoms with van der Waals surface area (Å²) in [5.41, 5.74) is 9.18. The summed E-state index contributed by atoms with van der Waals surface area (Å²) in [7, 11) is 3.27. The quantitative estimate of drug-likeness (QED) is 0.835. The molecule has 2 rings (SSSR count). The fourth-order valence-electron chi connectivity index (χ4n) is 1.86. The van der Waals surface area contributed by atoms with E-state index in [4.69, 9.17) is 5.73 Å². The first-order chi connectivity index (χ1) is 10.1. The molecule has 0 fully saturated rings. The lowest BCUT2D eigenvalue weighted by molar-refractivity contribution is 0.0959. The summed E-state index contributed by atoms with van der Waals surface area (Å²) in [6.07, 6.45) is 1.55. The summed E-state index contributed by atoms with van der Waals surface area (Å²) in [4.78, 5) is 24.2. The minimum Gasteiger partial charge on any atom is -0.382 e. The molecule has 2 aromatic rings. The molecule has 0 aliphatic rings. The smallest absolute Gasteiger partial charge is 0.273 e. The predicted octanol–water partition coefficient (Wildman–Crippen LogP) is 1.52. The van der Waals surface area contributed by atoms with Gasteiger partial charge in [-0.3, -0.25) is 9.79 Å². The molecule has 1 aromatic carbocycles. The van der Waals surface area contributed by atoms with Crippen LogP contribution < -0.4 is 11.1 Å². The van der Waals surface area contributed by atoms with E-state index >= 15 is 0 Å². The van der Waals surface area contributed by atoms with Crippen LogP contribution in [0.2, 0.25) is 0 Å². The molecule has 0 atom stereocenters. The third kappa shape index (κ3) is 3.05. The lowest BCUT2D eigenvalue weighted by Gasteiger charge is -2.07. The maximum Gasteiger partial charge on any atom is 0.273 e. The number of nitrogens with two attached hydrogens (primary N) is 1. The number of benzene rings is 1. The van der Waals surface area contributed by atoms with Gasteiger partial charge < -0.3 is 11.1 Å². The predicted molar refractivity (Wildman–Crippen MR) is 83.4 cm³/mol. The number of aliphatic imine (C=N–C) groups is 1. The summed E-state index contributed by atoms with van der Waals surface area (Å²) in [6.45, 7) is 1.93. The van der Waals surface area contributed by atoms with Crippen molar-refractivity contribution >= 4 is 17.4 Å². The fourth-order valence-corrected chi connectivity index (χ4v) is 1.86. The van der Waals surface area contributed by atoms with Crippen LogP contribution >= 0.6 is 0 Å². The second-order valence-electron chi connectivity index (χ2n) is 4.46. The Kier molecular flexibility index (Phi) is 4.27. The topological polar surface area (TPSA) is 93.3 Å². The summed E-state index contributed by atoms with van der Waals surface area (Å²) >= 11 is 0. The van der Waals surface area contributed by atoms with E-state index in [0.717, 1.165) is 16.8 Å². The molecule has 0 saturated heterocycles. The zero-order valence-electron chi connectivity index (χ0n) is 12.2. The van der Waals surface area contributed by atoms with E-state index in [2.05, 4.69) is 20.3 Å². The first-order valence-electron chi connectivity index (χ1n) is 6.45. The molecule has 108 valence electrons. The normalized spacial score (nSPS) is 11.3. The number of anilines is 1. The third-order valence-electron chi connectivity index (χ3n) is 3.15. The number of carbonyl (C=O) groups excluding carboxylic acids is 1. The number of amides is 1. The lowest BCUT2D eigenvalue weighted by atomic mass is 10.1. The third-order valence-corrected chi connectivity index (χ3v) is 3.15. The van der Waals surface area contributed by atoms with Crippen molar-refractivity contribution in [1.82, 2.24) is 15.3 Å². The highest BCUT2D eigenvalue weighted by Crippen LogP contribution is 2.20. The largest absolute Gasteiger partial charge is 0.382 e. The van der Waals surface area contributed by atoms with Gasteiger partial charge in [-0.05, 0) is 18.6 Å². The SMILES string of the molecule is C/N=C(\C)c1cccc(-c2cnc(N)c(C(=O)NC)n2)c1. The van der Waals surface area contributed by atoms with Crippen LogP contribution in [0.25, 0.3) is 11.3 Å². The molecule has 1 aromatic heterocycles. The summed E-state index contributed by atoms with van der Waals surface area (Å²) < 4.78 is 0. The molecule has 0 bridgehead atoms. The summed E-state index contributed by atoms with van der Waals surface area (Å²) in [5, 5.41) is 2.50. The zero-order valence-corrected chi connectivity index (χ0v) is 12.2. The first-order valence-corrected chi connectivity index (χ1v) is 6.45. The maximum absolute atomic E-state index is 11.7. The van der Waals surface area contributed by atoms with Crippen LogP contribution in [-0.4, -0.2) is 35.7 Å². The summed E-state index contributed by atoms with van der Waals surface area (Å²) in [6, 6.07) is 7.74. The number of aromatic nitrogens is 2. The second kappa shape index (κ2) is 6.13. The van der Waals surface area contributed by atoms with Crippen LogP contribution in [0.15, 0.2) is 35.5 Å². The second-order valence-corrected chi connectivity index (χ2v) is 4.46. The minimum absolute atomic E-state index is 0.112. The van der Waals surface area contributed by atoms with Crippen molar-refractivity contribution in [3.63, 3.8) is 0 Å². The number of carbonyl (C=O) groups is 1. The molecule has 21 heavy (non-hydrogen) atoms. The van der Waals surface area contributed by atoms with E-state index in [1.807, 2.05) is 31.2 Å². The van der Waals surface area contributed by atoms with E-state index in [-0.39, 0.29) is 17.4 Å². The van der Waals surface area contributed by atoms with Gasteiger partial charge >= 0.3 is 0 Å². The molecule has 0 radical (unpaired) electrons. The zero-order chi connectivity index (χ0) is 15.4. The standard InChI is InChI=1S/C15H17N5O/c1-9(17-2)10-5-4-6-11(7-10)12-8-19-14(16)13(20-12)15(21)18-3/h4-8H,1-3H3,(H2,16,19)(H,18,21)/b17-9+. The van der Waals surface area contributed by atoms with Gasteiger partial charge in [0.05, 0.1) is 11.9 Å². The molecule has 6 heteroatoms. The molecular formula is C15H17N5O. The van der Waals surface area contributed by atoms with Crippen LogP contribution in [0.5, 0.6) is 0 Å². The number of nitrogens with zero attached hydrogens (tertiary/aromatic N) is 3. The van der Waals surface area contributed by atoms with Gasteiger partial charge in [0.2, 0.25) is 0 Å². The number of nitrogens with one attached hydrogen (secondary N) is 1. The molecule has 0 aliphatic heterocycles. The Bertz CT molecular complexity index is 709. The highest BCUT2D eigenvalue weighted by atomic mass is 16.1. The Morgan fingerprint density at radius 2 is 2.14 bits per heavy atom. The van der Waals surface area contributed by atoms with Crippen molar-refractivity contribution in [1.29, 1.82) is 0 Å². The van der Waals surface area contributed by atoms with Gasteiger partial charge in [-0.15, -0.1) is 0 Å². The van der Waals surface area contributed by atoms with Gasteiger partial charge in [0, 0.05) is 25.4 Å². The minimum atomic E-state index is -0.357. The average Bonchev–Trinajstić information content (AvgIpc) is 2.54. The highest BCUT2D eigenvalue weighted by molar-refractivity contribution is 5.99. The van der Waals surface area contributed by atoms with Crippen LogP contribution in [0.4, 0.5) is 5.82 Å². The van der Waals surface area contributed by atoms with Crippen molar-refractivity contribution in [2.45, 2.75) is 6.92 Å².